The lowest BCUT2D eigenvalue weighted by molar-refractivity contribution is -0.118. The maximum atomic E-state index is 13.8. The molecular formula is C12H15F2N3OS. The molecule has 4 nitrogen and oxygen atoms in total. The Morgan fingerprint density at radius 2 is 1.79 bits per heavy atom. The third-order valence-electron chi connectivity index (χ3n) is 2.41. The smallest absolute Gasteiger partial charge is 0.219 e. The first-order chi connectivity index (χ1) is 8.62. The molecule has 0 radical (unpaired) electrons. The number of amides is 1. The fraction of sp³-hybridized carbons (Fsp3) is 0.333. The average molecular weight is 287 g/mol. The van der Waals surface area contributed by atoms with Gasteiger partial charge >= 0.3 is 0 Å². The maximum Gasteiger partial charge on any atom is 0.219 e. The van der Waals surface area contributed by atoms with Gasteiger partial charge in [0.25, 0.3) is 0 Å². The fourth-order valence-corrected chi connectivity index (χ4v) is 1.77. The number of nitrogens with two attached hydrogens (primary N) is 2. The number of nitrogens with one attached hydrogen (secondary N) is 1. The van der Waals surface area contributed by atoms with E-state index in [-0.39, 0.29) is 22.7 Å². The van der Waals surface area contributed by atoms with Gasteiger partial charge in [0.05, 0.1) is 0 Å². The van der Waals surface area contributed by atoms with Crippen molar-refractivity contribution in [3.05, 3.63) is 29.3 Å². The summed E-state index contributed by atoms with van der Waals surface area (Å²) in [6.07, 6.45) is -0.0665. The first-order valence-electron chi connectivity index (χ1n) is 5.48. The van der Waals surface area contributed by atoms with Crippen LogP contribution in [0.3, 0.4) is 0 Å². The minimum atomic E-state index is -0.877. The second-order valence-electron chi connectivity index (χ2n) is 4.83. The summed E-state index contributed by atoms with van der Waals surface area (Å²) in [6, 6.07) is 2.07. The van der Waals surface area contributed by atoms with E-state index in [2.05, 4.69) is 17.5 Å². The van der Waals surface area contributed by atoms with Crippen molar-refractivity contribution in [1.82, 2.24) is 0 Å². The summed E-state index contributed by atoms with van der Waals surface area (Å²) < 4.78 is 27.6. The predicted octanol–water partition coefficient (Wildman–Crippen LogP) is 1.66. The normalized spacial score (nSPS) is 11.2. The molecule has 19 heavy (non-hydrogen) atoms. The standard InChI is InChI=1S/C12H15F2N3OS/c1-12(2,5-9(15)18)17-10-7(13)3-6(11(16)19)4-8(10)14/h3-4,17H,5H2,1-2H3,(H2,15,18)(H2,16,19). The summed E-state index contributed by atoms with van der Waals surface area (Å²) in [7, 11) is 0. The quantitative estimate of drug-likeness (QED) is 0.720. The third-order valence-corrected chi connectivity index (χ3v) is 2.64. The van der Waals surface area contributed by atoms with Crippen LogP contribution in [0.15, 0.2) is 12.1 Å². The van der Waals surface area contributed by atoms with E-state index in [1.165, 1.54) is 0 Å². The van der Waals surface area contributed by atoms with Crippen LogP contribution in [-0.4, -0.2) is 16.4 Å². The number of hydrogen-bond donors (Lipinski definition) is 3. The van der Waals surface area contributed by atoms with E-state index in [4.69, 9.17) is 11.5 Å². The van der Waals surface area contributed by atoms with Crippen molar-refractivity contribution < 1.29 is 13.6 Å². The van der Waals surface area contributed by atoms with E-state index in [9.17, 15) is 13.6 Å². The minimum absolute atomic E-state index is 0.0665. The summed E-state index contributed by atoms with van der Waals surface area (Å²) in [6.45, 7) is 3.22. The van der Waals surface area contributed by atoms with E-state index < -0.39 is 23.1 Å². The molecule has 0 atom stereocenters. The predicted molar refractivity (Wildman–Crippen MR) is 73.8 cm³/mol. The van der Waals surface area contributed by atoms with Gasteiger partial charge in [0.1, 0.15) is 22.3 Å². The fourth-order valence-electron chi connectivity index (χ4n) is 1.65. The van der Waals surface area contributed by atoms with Crippen molar-refractivity contribution >= 4 is 28.8 Å². The number of carbonyl (C=O) groups is 1. The van der Waals surface area contributed by atoms with Gasteiger partial charge in [0, 0.05) is 17.5 Å². The molecule has 0 aliphatic rings. The summed E-state index contributed by atoms with van der Waals surface area (Å²) in [4.78, 5) is 10.8. The molecule has 0 aliphatic heterocycles. The highest BCUT2D eigenvalue weighted by Gasteiger charge is 2.24. The van der Waals surface area contributed by atoms with Crippen LogP contribution in [0.2, 0.25) is 0 Å². The zero-order valence-corrected chi connectivity index (χ0v) is 11.4. The van der Waals surface area contributed by atoms with Gasteiger partial charge in [-0.1, -0.05) is 12.2 Å². The first-order valence-corrected chi connectivity index (χ1v) is 5.88. The van der Waals surface area contributed by atoms with Crippen molar-refractivity contribution in [1.29, 1.82) is 0 Å². The highest BCUT2D eigenvalue weighted by molar-refractivity contribution is 7.80. The van der Waals surface area contributed by atoms with Crippen LogP contribution in [0.5, 0.6) is 0 Å². The number of carbonyl (C=O) groups excluding carboxylic acids is 1. The molecule has 0 saturated heterocycles. The molecule has 0 aromatic heterocycles. The molecule has 0 unspecified atom stereocenters. The van der Waals surface area contributed by atoms with Crippen molar-refractivity contribution in [3.8, 4) is 0 Å². The molecule has 5 N–H and O–H groups in total. The maximum absolute atomic E-state index is 13.8. The number of benzene rings is 1. The molecule has 0 fully saturated rings. The van der Waals surface area contributed by atoms with Gasteiger partial charge in [-0.3, -0.25) is 4.79 Å². The van der Waals surface area contributed by atoms with Gasteiger partial charge in [-0.25, -0.2) is 8.78 Å². The summed E-state index contributed by atoms with van der Waals surface area (Å²) in [5.41, 5.74) is 9.27. The van der Waals surface area contributed by atoms with E-state index in [1.54, 1.807) is 13.8 Å². The summed E-state index contributed by atoms with van der Waals surface area (Å²) in [5, 5.41) is 2.62. The number of thiocarbonyl (C=S) groups is 1. The van der Waals surface area contributed by atoms with Gasteiger partial charge in [-0.15, -0.1) is 0 Å². The number of halogens is 2. The van der Waals surface area contributed by atoms with Crippen molar-refractivity contribution in [2.45, 2.75) is 25.8 Å². The van der Waals surface area contributed by atoms with Crippen LogP contribution < -0.4 is 16.8 Å². The monoisotopic (exact) mass is 287 g/mol. The molecule has 1 rings (SSSR count). The molecule has 0 bridgehead atoms. The lowest BCUT2D eigenvalue weighted by atomic mass is 9.99. The zero-order chi connectivity index (χ0) is 14.8. The topological polar surface area (TPSA) is 81.1 Å². The zero-order valence-electron chi connectivity index (χ0n) is 10.6. The van der Waals surface area contributed by atoms with Crippen LogP contribution in [0.25, 0.3) is 0 Å². The van der Waals surface area contributed by atoms with Crippen LogP contribution in [0.1, 0.15) is 25.8 Å². The second kappa shape index (κ2) is 5.48. The van der Waals surface area contributed by atoms with Gasteiger partial charge < -0.3 is 16.8 Å². The van der Waals surface area contributed by atoms with Gasteiger partial charge in [0.15, 0.2) is 0 Å². The Kier molecular flexibility index (Phi) is 4.41. The molecule has 0 saturated carbocycles. The van der Waals surface area contributed by atoms with Crippen LogP contribution >= 0.6 is 12.2 Å². The summed E-state index contributed by atoms with van der Waals surface area (Å²) in [5.74, 6) is -2.24. The van der Waals surface area contributed by atoms with Crippen LogP contribution in [0.4, 0.5) is 14.5 Å². The van der Waals surface area contributed by atoms with E-state index in [0.717, 1.165) is 12.1 Å². The Morgan fingerprint density at radius 1 is 1.32 bits per heavy atom. The van der Waals surface area contributed by atoms with Crippen molar-refractivity contribution in [3.63, 3.8) is 0 Å². The Balaban J connectivity index is 3.09. The Hall–Kier alpha value is -1.76. The molecule has 0 heterocycles. The van der Waals surface area contributed by atoms with E-state index >= 15 is 0 Å². The van der Waals surface area contributed by atoms with Crippen LogP contribution in [-0.2, 0) is 4.79 Å². The number of anilines is 1. The Labute approximate surface area is 115 Å². The lowest BCUT2D eigenvalue weighted by Gasteiger charge is -2.26. The van der Waals surface area contributed by atoms with Gasteiger partial charge in [0.2, 0.25) is 5.91 Å². The Bertz CT molecular complexity index is 509. The molecule has 0 spiro atoms. The van der Waals surface area contributed by atoms with Crippen molar-refractivity contribution in [2.75, 3.05) is 5.32 Å². The van der Waals surface area contributed by atoms with Gasteiger partial charge in [-0.2, -0.15) is 0 Å². The third kappa shape index (κ3) is 4.13. The molecule has 7 heteroatoms. The second-order valence-corrected chi connectivity index (χ2v) is 5.27. The minimum Gasteiger partial charge on any atom is -0.389 e. The number of primary amides is 1. The molecule has 1 aromatic carbocycles. The van der Waals surface area contributed by atoms with Crippen molar-refractivity contribution in [2.24, 2.45) is 11.5 Å². The molecule has 0 aliphatic carbocycles. The molecule has 1 amide bonds. The van der Waals surface area contributed by atoms with Crippen LogP contribution in [0, 0.1) is 11.6 Å². The lowest BCUT2D eigenvalue weighted by Crippen LogP contribution is -2.36. The van der Waals surface area contributed by atoms with E-state index in [0.29, 0.717) is 0 Å². The Morgan fingerprint density at radius 3 is 2.16 bits per heavy atom. The van der Waals surface area contributed by atoms with Gasteiger partial charge in [-0.05, 0) is 26.0 Å². The first kappa shape index (κ1) is 15.3. The SMILES string of the molecule is CC(C)(CC(N)=O)Nc1c(F)cc(C(N)=S)cc1F. The largest absolute Gasteiger partial charge is 0.389 e. The molecule has 104 valence electrons. The van der Waals surface area contributed by atoms with E-state index in [1.807, 2.05) is 0 Å². The average Bonchev–Trinajstić information content (AvgIpc) is 2.21. The number of hydrogen-bond acceptors (Lipinski definition) is 3. The number of rotatable bonds is 5. The molecule has 1 aromatic rings. The molecular weight excluding hydrogens is 272 g/mol. The highest BCUT2D eigenvalue weighted by Crippen LogP contribution is 2.25. The highest BCUT2D eigenvalue weighted by atomic mass is 32.1. The summed E-state index contributed by atoms with van der Waals surface area (Å²) >= 11 is 4.65.